The summed E-state index contributed by atoms with van der Waals surface area (Å²) >= 11 is 0. The van der Waals surface area contributed by atoms with Gasteiger partial charge in [-0.05, 0) is 36.5 Å². The summed E-state index contributed by atoms with van der Waals surface area (Å²) in [5.74, 6) is 1.61. The van der Waals surface area contributed by atoms with Gasteiger partial charge >= 0.3 is 0 Å². The van der Waals surface area contributed by atoms with Crippen molar-refractivity contribution in [1.82, 2.24) is 0 Å². The lowest BCUT2D eigenvalue weighted by molar-refractivity contribution is 0.110. The number of aliphatic hydroxyl groups excluding tert-OH is 1. The first-order valence-corrected chi connectivity index (χ1v) is 8.20. The molecular formula is C21H24O3. The zero-order chi connectivity index (χ0) is 17.3. The Hall–Kier alpha value is -2.26. The van der Waals surface area contributed by atoms with Crippen LogP contribution in [0.15, 0.2) is 54.6 Å². The van der Waals surface area contributed by atoms with Gasteiger partial charge in [-0.2, -0.15) is 0 Å². The molecule has 1 N–H and O–H groups in total. The van der Waals surface area contributed by atoms with Crippen LogP contribution in [0.4, 0.5) is 0 Å². The van der Waals surface area contributed by atoms with Crippen LogP contribution in [0.2, 0.25) is 0 Å². The first-order valence-electron chi connectivity index (χ1n) is 8.20. The molecule has 0 spiro atoms. The monoisotopic (exact) mass is 324 g/mol. The van der Waals surface area contributed by atoms with Crippen LogP contribution >= 0.6 is 0 Å². The molecule has 126 valence electrons. The largest absolute Gasteiger partial charge is 0.497 e. The minimum absolute atomic E-state index is 0.0204. The van der Waals surface area contributed by atoms with E-state index in [4.69, 9.17) is 9.47 Å². The van der Waals surface area contributed by atoms with Gasteiger partial charge in [-0.15, -0.1) is 0 Å². The number of hydrogen-bond acceptors (Lipinski definition) is 3. The fraction of sp³-hybridized carbons (Fsp3) is 0.333. The highest BCUT2D eigenvalue weighted by Gasteiger charge is 2.38. The molecule has 3 atom stereocenters. The maximum Gasteiger partial charge on any atom is 0.126 e. The molecule has 3 rings (SSSR count). The molecule has 0 aliphatic heterocycles. The summed E-state index contributed by atoms with van der Waals surface area (Å²) in [7, 11) is 3.28. The molecule has 2 aromatic carbocycles. The lowest BCUT2D eigenvalue weighted by atomic mass is 9.68. The zero-order valence-corrected chi connectivity index (χ0v) is 14.5. The van der Waals surface area contributed by atoms with E-state index in [9.17, 15) is 5.11 Å². The number of aliphatic hydroxyl groups is 1. The van der Waals surface area contributed by atoms with E-state index in [1.165, 1.54) is 0 Å². The minimum atomic E-state index is -0.623. The molecule has 0 saturated carbocycles. The molecule has 3 unspecified atom stereocenters. The second kappa shape index (κ2) is 6.70. The molecule has 1 aliphatic carbocycles. The number of allylic oxidation sites excluding steroid dienone is 1. The molecule has 2 aromatic rings. The lowest BCUT2D eigenvalue weighted by Crippen LogP contribution is -2.29. The van der Waals surface area contributed by atoms with Gasteiger partial charge in [-0.3, -0.25) is 0 Å². The lowest BCUT2D eigenvalue weighted by Gasteiger charge is -2.38. The molecule has 24 heavy (non-hydrogen) atoms. The quantitative estimate of drug-likeness (QED) is 0.854. The fourth-order valence-electron chi connectivity index (χ4n) is 3.75. The average molecular weight is 324 g/mol. The summed E-state index contributed by atoms with van der Waals surface area (Å²) in [6.45, 7) is 6.21. The molecule has 0 amide bonds. The van der Waals surface area contributed by atoms with Crippen molar-refractivity contribution in [3.8, 4) is 11.5 Å². The molecule has 0 saturated heterocycles. The third kappa shape index (κ3) is 2.80. The van der Waals surface area contributed by atoms with Crippen molar-refractivity contribution in [2.24, 2.45) is 5.92 Å². The first-order chi connectivity index (χ1) is 11.6. The molecule has 0 bridgehead atoms. The van der Waals surface area contributed by atoms with E-state index in [0.717, 1.165) is 34.4 Å². The Morgan fingerprint density at radius 1 is 1.12 bits per heavy atom. The van der Waals surface area contributed by atoms with E-state index >= 15 is 0 Å². The van der Waals surface area contributed by atoms with Crippen molar-refractivity contribution in [3.05, 3.63) is 71.3 Å². The Bertz CT molecular complexity index is 736. The van der Waals surface area contributed by atoms with Gasteiger partial charge in [0, 0.05) is 17.5 Å². The maximum atomic E-state index is 11.2. The number of benzene rings is 2. The second-order valence-corrected chi connectivity index (χ2v) is 6.44. The Morgan fingerprint density at radius 2 is 1.83 bits per heavy atom. The molecule has 0 aromatic heterocycles. The van der Waals surface area contributed by atoms with Gasteiger partial charge in [0.1, 0.15) is 11.5 Å². The predicted octanol–water partition coefficient (Wildman–Crippen LogP) is 4.27. The summed E-state index contributed by atoms with van der Waals surface area (Å²) < 4.78 is 10.9. The highest BCUT2D eigenvalue weighted by molar-refractivity contribution is 5.51. The van der Waals surface area contributed by atoms with Gasteiger partial charge in [0.2, 0.25) is 0 Å². The van der Waals surface area contributed by atoms with Crippen molar-refractivity contribution < 1.29 is 14.6 Å². The Kier molecular flexibility index (Phi) is 4.63. The van der Waals surface area contributed by atoms with E-state index in [1.807, 2.05) is 37.3 Å². The van der Waals surface area contributed by atoms with Crippen LogP contribution in [0, 0.1) is 5.92 Å². The van der Waals surface area contributed by atoms with E-state index < -0.39 is 6.10 Å². The van der Waals surface area contributed by atoms with Crippen LogP contribution in [-0.4, -0.2) is 19.3 Å². The normalized spacial score (nSPS) is 22.6. The number of rotatable bonds is 4. The zero-order valence-electron chi connectivity index (χ0n) is 14.5. The number of ether oxygens (including phenoxy) is 2. The van der Waals surface area contributed by atoms with Gasteiger partial charge in [0.15, 0.2) is 0 Å². The summed E-state index contributed by atoms with van der Waals surface area (Å²) in [5.41, 5.74) is 4.14. The molecular weight excluding hydrogens is 300 g/mol. The van der Waals surface area contributed by atoms with E-state index in [0.29, 0.717) is 5.75 Å². The smallest absolute Gasteiger partial charge is 0.126 e. The maximum absolute atomic E-state index is 11.2. The van der Waals surface area contributed by atoms with Gasteiger partial charge < -0.3 is 14.6 Å². The van der Waals surface area contributed by atoms with E-state index in [-0.39, 0.29) is 11.8 Å². The van der Waals surface area contributed by atoms with Crippen molar-refractivity contribution >= 4 is 0 Å². The van der Waals surface area contributed by atoms with Gasteiger partial charge in [0.05, 0.1) is 20.3 Å². The minimum Gasteiger partial charge on any atom is -0.497 e. The molecule has 0 fully saturated rings. The van der Waals surface area contributed by atoms with Crippen molar-refractivity contribution in [1.29, 1.82) is 0 Å². The molecule has 3 nitrogen and oxygen atoms in total. The standard InChI is InChI=1S/C21H24O3/c1-13(2)16-12-17-18(10-15(23-3)11-19(17)24-4)21(22)20(16)14-8-6-5-7-9-14/h5-11,16,20-22H,1,12H2,2-4H3. The second-order valence-electron chi connectivity index (χ2n) is 6.44. The fourth-order valence-corrected chi connectivity index (χ4v) is 3.75. The molecule has 0 heterocycles. The topological polar surface area (TPSA) is 38.7 Å². The third-order valence-electron chi connectivity index (χ3n) is 5.01. The Balaban J connectivity index is 2.15. The van der Waals surface area contributed by atoms with Crippen molar-refractivity contribution in [2.75, 3.05) is 14.2 Å². The summed E-state index contributed by atoms with van der Waals surface area (Å²) in [6.07, 6.45) is 0.177. The predicted molar refractivity (Wildman–Crippen MR) is 95.7 cm³/mol. The molecule has 3 heteroatoms. The Morgan fingerprint density at radius 3 is 2.42 bits per heavy atom. The van der Waals surface area contributed by atoms with Crippen LogP contribution in [0.5, 0.6) is 11.5 Å². The first kappa shape index (κ1) is 16.6. The number of methoxy groups -OCH3 is 2. The molecule has 0 radical (unpaired) electrons. The van der Waals surface area contributed by atoms with Crippen LogP contribution in [0.3, 0.4) is 0 Å². The van der Waals surface area contributed by atoms with Crippen LogP contribution in [-0.2, 0) is 6.42 Å². The highest BCUT2D eigenvalue weighted by Crippen LogP contribution is 2.49. The van der Waals surface area contributed by atoms with E-state index in [1.54, 1.807) is 14.2 Å². The summed E-state index contributed by atoms with van der Waals surface area (Å²) in [6, 6.07) is 14.0. The summed E-state index contributed by atoms with van der Waals surface area (Å²) in [4.78, 5) is 0. The SMILES string of the molecule is C=C(C)C1Cc2c(OC)cc(OC)cc2C(O)C1c1ccccc1. The average Bonchev–Trinajstić information content (AvgIpc) is 2.61. The number of fused-ring (bicyclic) bond motifs is 1. The van der Waals surface area contributed by atoms with Gasteiger partial charge in [-0.1, -0.05) is 42.5 Å². The van der Waals surface area contributed by atoms with E-state index in [2.05, 4.69) is 18.7 Å². The van der Waals surface area contributed by atoms with Crippen LogP contribution in [0.1, 0.15) is 35.6 Å². The van der Waals surface area contributed by atoms with Crippen LogP contribution in [0.25, 0.3) is 0 Å². The summed E-state index contributed by atoms with van der Waals surface area (Å²) in [5, 5.41) is 11.2. The van der Waals surface area contributed by atoms with Crippen molar-refractivity contribution in [3.63, 3.8) is 0 Å². The Labute approximate surface area is 143 Å². The highest BCUT2D eigenvalue weighted by atomic mass is 16.5. The van der Waals surface area contributed by atoms with Crippen LogP contribution < -0.4 is 9.47 Å². The third-order valence-corrected chi connectivity index (χ3v) is 5.01. The van der Waals surface area contributed by atoms with Gasteiger partial charge in [0.25, 0.3) is 0 Å². The number of hydrogen-bond donors (Lipinski definition) is 1. The van der Waals surface area contributed by atoms with Gasteiger partial charge in [-0.25, -0.2) is 0 Å². The molecule has 1 aliphatic rings. The van der Waals surface area contributed by atoms with Crippen molar-refractivity contribution in [2.45, 2.75) is 25.4 Å².